The van der Waals surface area contributed by atoms with Crippen LogP contribution in [-0.2, 0) is 4.79 Å². The molecular formula is C5H7FO. The Balaban J connectivity index is 2.97. The fourth-order valence-electron chi connectivity index (χ4n) is 0.216. The molecule has 0 N–H and O–H groups in total. The molecule has 0 rings (SSSR count). The SMILES string of the molecule is C=CCCC(=O)F. The largest absolute Gasteiger partial charge is 0.301 e. The normalized spacial score (nSPS) is 8.14. The topological polar surface area (TPSA) is 17.1 Å². The highest BCUT2D eigenvalue weighted by atomic mass is 19.1. The quantitative estimate of drug-likeness (QED) is 0.389. The Morgan fingerprint density at radius 1 is 1.86 bits per heavy atom. The third kappa shape index (κ3) is 5.34. The maximum Gasteiger partial charge on any atom is 0.301 e. The van der Waals surface area contributed by atoms with Gasteiger partial charge in [-0.3, -0.25) is 4.79 Å². The summed E-state index contributed by atoms with van der Waals surface area (Å²) >= 11 is 0. The van der Waals surface area contributed by atoms with Gasteiger partial charge in [-0.25, -0.2) is 0 Å². The molecule has 0 spiro atoms. The lowest BCUT2D eigenvalue weighted by Crippen LogP contribution is -1.82. The van der Waals surface area contributed by atoms with Gasteiger partial charge in [-0.15, -0.1) is 6.58 Å². The molecule has 0 saturated heterocycles. The number of hydrogen-bond donors (Lipinski definition) is 0. The molecule has 0 amide bonds. The van der Waals surface area contributed by atoms with Crippen molar-refractivity contribution in [2.24, 2.45) is 0 Å². The molecule has 0 unspecified atom stereocenters. The van der Waals surface area contributed by atoms with E-state index in [1.54, 1.807) is 0 Å². The molecular weight excluding hydrogens is 95.1 g/mol. The molecule has 0 aliphatic rings. The molecule has 0 saturated carbocycles. The van der Waals surface area contributed by atoms with Crippen LogP contribution in [0.1, 0.15) is 12.8 Å². The summed E-state index contributed by atoms with van der Waals surface area (Å²) in [6, 6.07) is -1.26. The molecule has 2 heteroatoms. The molecule has 0 aromatic carbocycles. The van der Waals surface area contributed by atoms with Crippen LogP contribution in [0.25, 0.3) is 0 Å². The molecule has 0 radical (unpaired) electrons. The van der Waals surface area contributed by atoms with Crippen LogP contribution in [0.2, 0.25) is 0 Å². The van der Waals surface area contributed by atoms with Crippen LogP contribution >= 0.6 is 0 Å². The second kappa shape index (κ2) is 3.53. The van der Waals surface area contributed by atoms with Gasteiger partial charge in [0.15, 0.2) is 0 Å². The molecule has 0 heterocycles. The van der Waals surface area contributed by atoms with E-state index in [-0.39, 0.29) is 6.42 Å². The van der Waals surface area contributed by atoms with Crippen molar-refractivity contribution in [1.29, 1.82) is 0 Å². The highest BCUT2D eigenvalue weighted by molar-refractivity contribution is 5.67. The summed E-state index contributed by atoms with van der Waals surface area (Å²) in [6.45, 7) is 3.31. The van der Waals surface area contributed by atoms with Gasteiger partial charge in [0.1, 0.15) is 0 Å². The van der Waals surface area contributed by atoms with E-state index in [1.807, 2.05) is 0 Å². The van der Waals surface area contributed by atoms with Crippen molar-refractivity contribution in [1.82, 2.24) is 0 Å². The Hall–Kier alpha value is -0.660. The third-order valence-corrected chi connectivity index (χ3v) is 0.545. The van der Waals surface area contributed by atoms with E-state index in [0.29, 0.717) is 6.42 Å². The highest BCUT2D eigenvalue weighted by Crippen LogP contribution is 1.89. The standard InChI is InChI=1S/C5H7FO/c1-2-3-4-5(6)7/h2H,1,3-4H2. The lowest BCUT2D eigenvalue weighted by atomic mass is 10.3. The summed E-state index contributed by atoms with van der Waals surface area (Å²) in [4.78, 5) is 9.49. The molecule has 0 aliphatic carbocycles. The first-order valence-electron chi connectivity index (χ1n) is 2.06. The fourth-order valence-corrected chi connectivity index (χ4v) is 0.216. The number of hydrogen-bond acceptors (Lipinski definition) is 1. The first-order chi connectivity index (χ1) is 3.27. The number of carbonyl (C=O) groups is 1. The van der Waals surface area contributed by atoms with Gasteiger partial charge in [0.05, 0.1) is 0 Å². The monoisotopic (exact) mass is 102 g/mol. The zero-order valence-corrected chi connectivity index (χ0v) is 3.98. The maximum absolute atomic E-state index is 11.2. The minimum absolute atomic E-state index is 0.0243. The van der Waals surface area contributed by atoms with E-state index < -0.39 is 6.04 Å². The number of halogens is 1. The Bertz CT molecular complexity index is 78.1. The molecule has 7 heavy (non-hydrogen) atoms. The second-order valence-electron chi connectivity index (χ2n) is 1.18. The van der Waals surface area contributed by atoms with Gasteiger partial charge < -0.3 is 0 Å². The van der Waals surface area contributed by atoms with Gasteiger partial charge in [-0.2, -0.15) is 4.39 Å². The van der Waals surface area contributed by atoms with Crippen LogP contribution < -0.4 is 0 Å². The van der Waals surface area contributed by atoms with Crippen molar-refractivity contribution in [3.05, 3.63) is 12.7 Å². The van der Waals surface area contributed by atoms with E-state index in [4.69, 9.17) is 0 Å². The van der Waals surface area contributed by atoms with Crippen molar-refractivity contribution in [2.45, 2.75) is 12.8 Å². The smallest absolute Gasteiger partial charge is 0.261 e. The zero-order chi connectivity index (χ0) is 5.70. The van der Waals surface area contributed by atoms with E-state index >= 15 is 0 Å². The molecule has 0 aromatic heterocycles. The molecule has 0 aromatic rings. The third-order valence-electron chi connectivity index (χ3n) is 0.545. The van der Waals surface area contributed by atoms with E-state index in [2.05, 4.69) is 6.58 Å². The summed E-state index contributed by atoms with van der Waals surface area (Å²) in [5, 5.41) is 0. The van der Waals surface area contributed by atoms with Gasteiger partial charge in [-0.1, -0.05) is 6.08 Å². The minimum Gasteiger partial charge on any atom is -0.261 e. The van der Waals surface area contributed by atoms with Gasteiger partial charge in [0, 0.05) is 6.42 Å². The van der Waals surface area contributed by atoms with Gasteiger partial charge in [-0.05, 0) is 6.42 Å². The first-order valence-corrected chi connectivity index (χ1v) is 2.06. The van der Waals surface area contributed by atoms with E-state index in [9.17, 15) is 9.18 Å². The van der Waals surface area contributed by atoms with Gasteiger partial charge >= 0.3 is 6.04 Å². The predicted octanol–water partition coefficient (Wildman–Crippen LogP) is 1.45. The fraction of sp³-hybridized carbons (Fsp3) is 0.400. The van der Waals surface area contributed by atoms with Crippen LogP contribution in [0.4, 0.5) is 4.39 Å². The second-order valence-corrected chi connectivity index (χ2v) is 1.18. The summed E-state index contributed by atoms with van der Waals surface area (Å²) < 4.78 is 11.2. The maximum atomic E-state index is 11.2. The zero-order valence-electron chi connectivity index (χ0n) is 3.98. The van der Waals surface area contributed by atoms with Crippen molar-refractivity contribution in [2.75, 3.05) is 0 Å². The van der Waals surface area contributed by atoms with Crippen molar-refractivity contribution in [3.63, 3.8) is 0 Å². The molecule has 0 aliphatic heterocycles. The van der Waals surface area contributed by atoms with E-state index in [0.717, 1.165) is 0 Å². The van der Waals surface area contributed by atoms with Crippen LogP contribution in [0.15, 0.2) is 12.7 Å². The molecule has 40 valence electrons. The molecule has 0 atom stereocenters. The van der Waals surface area contributed by atoms with Crippen molar-refractivity contribution < 1.29 is 9.18 Å². The Labute approximate surface area is 41.8 Å². The van der Waals surface area contributed by atoms with Crippen LogP contribution in [0.3, 0.4) is 0 Å². The lowest BCUT2D eigenvalue weighted by molar-refractivity contribution is -0.129. The summed E-state index contributed by atoms with van der Waals surface area (Å²) in [7, 11) is 0. The Morgan fingerprint density at radius 3 is 2.57 bits per heavy atom. The predicted molar refractivity (Wildman–Crippen MR) is 25.5 cm³/mol. The van der Waals surface area contributed by atoms with Crippen LogP contribution in [0.5, 0.6) is 0 Å². The summed E-state index contributed by atoms with van der Waals surface area (Å²) in [6.07, 6.45) is 1.93. The number of allylic oxidation sites excluding steroid dienone is 1. The average Bonchev–Trinajstić information content (AvgIpc) is 1.61. The summed E-state index contributed by atoms with van der Waals surface area (Å²) in [5.74, 6) is 0. The number of carbonyl (C=O) groups excluding carboxylic acids is 1. The average molecular weight is 102 g/mol. The highest BCUT2D eigenvalue weighted by Gasteiger charge is 1.91. The lowest BCUT2D eigenvalue weighted by Gasteiger charge is -1.79. The van der Waals surface area contributed by atoms with Crippen molar-refractivity contribution in [3.8, 4) is 0 Å². The summed E-state index contributed by atoms with van der Waals surface area (Å²) in [5.41, 5.74) is 0. The Kier molecular flexibility index (Phi) is 3.19. The molecule has 0 bridgehead atoms. The molecule has 0 fully saturated rings. The molecule has 1 nitrogen and oxygen atoms in total. The first kappa shape index (κ1) is 6.34. The van der Waals surface area contributed by atoms with Gasteiger partial charge in [0.25, 0.3) is 0 Å². The van der Waals surface area contributed by atoms with Crippen LogP contribution in [0, 0.1) is 0 Å². The van der Waals surface area contributed by atoms with Crippen LogP contribution in [-0.4, -0.2) is 6.04 Å². The minimum atomic E-state index is -1.26. The Morgan fingerprint density at radius 2 is 2.43 bits per heavy atom. The van der Waals surface area contributed by atoms with E-state index in [1.165, 1.54) is 6.08 Å². The van der Waals surface area contributed by atoms with Gasteiger partial charge in [0.2, 0.25) is 0 Å². The van der Waals surface area contributed by atoms with Crippen molar-refractivity contribution >= 4 is 6.04 Å². The number of rotatable bonds is 3.